The summed E-state index contributed by atoms with van der Waals surface area (Å²) in [6.45, 7) is 1.99. The summed E-state index contributed by atoms with van der Waals surface area (Å²) in [7, 11) is 0. The summed E-state index contributed by atoms with van der Waals surface area (Å²) >= 11 is 4.97. The number of hydrogen-bond donors (Lipinski definition) is 1. The van der Waals surface area contributed by atoms with E-state index in [4.69, 9.17) is 10.2 Å². The number of nitrogens with zero attached hydrogens (tertiary/aromatic N) is 1. The highest BCUT2D eigenvalue weighted by molar-refractivity contribution is 9.10. The average Bonchev–Trinajstić information content (AvgIpc) is 2.75. The summed E-state index contributed by atoms with van der Waals surface area (Å²) in [5.41, 5.74) is 8.08. The van der Waals surface area contributed by atoms with E-state index in [1.54, 1.807) is 17.6 Å². The Hall–Kier alpha value is -0.650. The molecule has 0 saturated heterocycles. The van der Waals surface area contributed by atoms with E-state index in [0.29, 0.717) is 4.67 Å². The molecule has 0 fully saturated rings. The lowest BCUT2D eigenvalue weighted by atomic mass is 10.1. The highest BCUT2D eigenvalue weighted by Gasteiger charge is 2.14. The van der Waals surface area contributed by atoms with E-state index < -0.39 is 0 Å². The Morgan fingerprint density at radius 3 is 3.00 bits per heavy atom. The molecule has 5 heteroatoms. The molecule has 0 bridgehead atoms. The van der Waals surface area contributed by atoms with Gasteiger partial charge in [0.1, 0.15) is 0 Å². The second-order valence-electron chi connectivity index (χ2n) is 3.32. The van der Waals surface area contributed by atoms with Crippen LogP contribution in [0.5, 0.6) is 0 Å². The largest absolute Gasteiger partial charge is 0.457 e. The fourth-order valence-electron chi connectivity index (χ4n) is 1.41. The number of thiazole rings is 1. The first-order chi connectivity index (χ1) is 7.16. The summed E-state index contributed by atoms with van der Waals surface area (Å²) in [6, 6.07) is 1.81. The zero-order chi connectivity index (χ0) is 10.8. The third kappa shape index (κ3) is 2.48. The molecule has 0 radical (unpaired) electrons. The van der Waals surface area contributed by atoms with Gasteiger partial charge in [0.15, 0.2) is 4.67 Å². The van der Waals surface area contributed by atoms with E-state index in [1.165, 1.54) is 0 Å². The predicted molar refractivity (Wildman–Crippen MR) is 63.9 cm³/mol. The summed E-state index contributed by atoms with van der Waals surface area (Å²) in [5, 5.41) is 3.12. The number of halogens is 1. The topological polar surface area (TPSA) is 52.0 Å². The average molecular weight is 287 g/mol. The van der Waals surface area contributed by atoms with Crippen molar-refractivity contribution < 1.29 is 4.42 Å². The van der Waals surface area contributed by atoms with E-state index >= 15 is 0 Å². The molecule has 2 aromatic rings. The van der Waals surface area contributed by atoms with Crippen molar-refractivity contribution in [2.24, 2.45) is 5.73 Å². The molecule has 15 heavy (non-hydrogen) atoms. The SMILES string of the molecule is Cc1nc(CC(N)c2ccoc2Br)cs1. The van der Waals surface area contributed by atoms with Crippen molar-refractivity contribution in [2.75, 3.05) is 0 Å². The molecule has 3 nitrogen and oxygen atoms in total. The number of hydrogen-bond acceptors (Lipinski definition) is 4. The van der Waals surface area contributed by atoms with E-state index in [1.807, 2.05) is 18.4 Å². The van der Waals surface area contributed by atoms with Gasteiger partial charge in [0, 0.05) is 23.4 Å². The highest BCUT2D eigenvalue weighted by atomic mass is 79.9. The third-order valence-corrected chi connectivity index (χ3v) is 3.61. The van der Waals surface area contributed by atoms with Crippen molar-refractivity contribution >= 4 is 27.3 Å². The molecule has 0 aliphatic carbocycles. The van der Waals surface area contributed by atoms with E-state index in [2.05, 4.69) is 20.9 Å². The fourth-order valence-corrected chi connectivity index (χ4v) is 2.57. The van der Waals surface area contributed by atoms with Gasteiger partial charge in [0.25, 0.3) is 0 Å². The quantitative estimate of drug-likeness (QED) is 0.944. The second-order valence-corrected chi connectivity index (χ2v) is 5.10. The molecule has 1 atom stereocenters. The molecule has 0 spiro atoms. The monoisotopic (exact) mass is 286 g/mol. The zero-order valence-electron chi connectivity index (χ0n) is 8.24. The van der Waals surface area contributed by atoms with Gasteiger partial charge in [0.2, 0.25) is 0 Å². The minimum Gasteiger partial charge on any atom is -0.457 e. The lowest BCUT2D eigenvalue weighted by molar-refractivity contribution is 0.530. The minimum absolute atomic E-state index is 0.0698. The maximum absolute atomic E-state index is 6.06. The van der Waals surface area contributed by atoms with Gasteiger partial charge in [-0.3, -0.25) is 0 Å². The molecule has 0 aliphatic rings. The van der Waals surface area contributed by atoms with Gasteiger partial charge in [-0.2, -0.15) is 0 Å². The normalized spacial score (nSPS) is 13.0. The molecule has 0 aliphatic heterocycles. The van der Waals surface area contributed by atoms with Crippen LogP contribution in [0.3, 0.4) is 0 Å². The summed E-state index contributed by atoms with van der Waals surface area (Å²) < 4.78 is 5.86. The molecule has 2 heterocycles. The van der Waals surface area contributed by atoms with Crippen molar-refractivity contribution in [3.8, 4) is 0 Å². The van der Waals surface area contributed by atoms with Crippen LogP contribution in [-0.2, 0) is 6.42 Å². The summed E-state index contributed by atoms with van der Waals surface area (Å²) in [5.74, 6) is 0. The van der Waals surface area contributed by atoms with Crippen LogP contribution in [0.15, 0.2) is 26.8 Å². The van der Waals surface area contributed by atoms with Gasteiger partial charge in [-0.05, 0) is 28.9 Å². The Balaban J connectivity index is 2.10. The van der Waals surface area contributed by atoms with Crippen LogP contribution in [0.25, 0.3) is 0 Å². The van der Waals surface area contributed by atoms with Gasteiger partial charge in [0.05, 0.1) is 17.0 Å². The number of aromatic nitrogens is 1. The zero-order valence-corrected chi connectivity index (χ0v) is 10.6. The Kier molecular flexibility index (Phi) is 3.23. The molecule has 2 aromatic heterocycles. The van der Waals surface area contributed by atoms with Gasteiger partial charge >= 0.3 is 0 Å². The number of nitrogens with two attached hydrogens (primary N) is 1. The molecule has 1 unspecified atom stereocenters. The lowest BCUT2D eigenvalue weighted by Crippen LogP contribution is -2.13. The van der Waals surface area contributed by atoms with Crippen LogP contribution in [0.4, 0.5) is 0 Å². The Morgan fingerprint density at radius 2 is 2.47 bits per heavy atom. The predicted octanol–water partition coefficient (Wildman–Crippen LogP) is 3.05. The molecular weight excluding hydrogens is 276 g/mol. The number of aryl methyl sites for hydroxylation is 1. The lowest BCUT2D eigenvalue weighted by Gasteiger charge is -2.07. The van der Waals surface area contributed by atoms with E-state index in [9.17, 15) is 0 Å². The molecular formula is C10H11BrN2OS. The van der Waals surface area contributed by atoms with Crippen molar-refractivity contribution in [3.63, 3.8) is 0 Å². The van der Waals surface area contributed by atoms with Crippen molar-refractivity contribution in [1.29, 1.82) is 0 Å². The van der Waals surface area contributed by atoms with Crippen LogP contribution in [0.1, 0.15) is 22.3 Å². The smallest absolute Gasteiger partial charge is 0.173 e. The Labute approximate surface area is 100 Å². The van der Waals surface area contributed by atoms with Crippen molar-refractivity contribution in [3.05, 3.63) is 38.6 Å². The first kappa shape index (κ1) is 10.9. The fraction of sp³-hybridized carbons (Fsp3) is 0.300. The Morgan fingerprint density at radius 1 is 1.67 bits per heavy atom. The van der Waals surface area contributed by atoms with Crippen molar-refractivity contribution in [1.82, 2.24) is 4.98 Å². The highest BCUT2D eigenvalue weighted by Crippen LogP contribution is 2.25. The molecule has 80 valence electrons. The second kappa shape index (κ2) is 4.47. The Bertz CT molecular complexity index is 452. The van der Waals surface area contributed by atoms with Crippen LogP contribution < -0.4 is 5.73 Å². The number of rotatable bonds is 3. The van der Waals surface area contributed by atoms with Crippen molar-refractivity contribution in [2.45, 2.75) is 19.4 Å². The van der Waals surface area contributed by atoms with Crippen LogP contribution in [0, 0.1) is 6.92 Å². The van der Waals surface area contributed by atoms with Crippen LogP contribution in [0.2, 0.25) is 0 Å². The molecule has 0 saturated carbocycles. The van der Waals surface area contributed by atoms with E-state index in [0.717, 1.165) is 22.7 Å². The maximum atomic E-state index is 6.06. The van der Waals surface area contributed by atoms with Crippen LogP contribution >= 0.6 is 27.3 Å². The van der Waals surface area contributed by atoms with Gasteiger partial charge in [-0.25, -0.2) is 4.98 Å². The molecule has 0 amide bonds. The van der Waals surface area contributed by atoms with Gasteiger partial charge in [-0.1, -0.05) is 0 Å². The molecule has 2 N–H and O–H groups in total. The number of furan rings is 1. The first-order valence-corrected chi connectivity index (χ1v) is 6.23. The maximum Gasteiger partial charge on any atom is 0.173 e. The summed E-state index contributed by atoms with van der Waals surface area (Å²) in [4.78, 5) is 4.38. The standard InChI is InChI=1S/C10H11BrN2OS/c1-6-13-7(5-15-6)4-9(12)8-2-3-14-10(8)11/h2-3,5,9H,4,12H2,1H3. The van der Waals surface area contributed by atoms with Gasteiger partial charge < -0.3 is 10.2 Å². The van der Waals surface area contributed by atoms with Gasteiger partial charge in [-0.15, -0.1) is 11.3 Å². The molecule has 2 rings (SSSR count). The third-order valence-electron chi connectivity index (χ3n) is 2.14. The van der Waals surface area contributed by atoms with Crippen LogP contribution in [-0.4, -0.2) is 4.98 Å². The molecule has 0 aromatic carbocycles. The first-order valence-electron chi connectivity index (χ1n) is 4.56. The van der Waals surface area contributed by atoms with E-state index in [-0.39, 0.29) is 6.04 Å². The summed E-state index contributed by atoms with van der Waals surface area (Å²) in [6.07, 6.45) is 2.37. The minimum atomic E-state index is -0.0698.